The predicted molar refractivity (Wildman–Crippen MR) is 112 cm³/mol. The average molecular weight is 378 g/mol. The van der Waals surface area contributed by atoms with Gasteiger partial charge in [0.2, 0.25) is 0 Å². The Balaban J connectivity index is 0.00000338. The summed E-state index contributed by atoms with van der Waals surface area (Å²) in [5.41, 5.74) is 10.0. The molecule has 26 heavy (non-hydrogen) atoms. The first-order chi connectivity index (χ1) is 12.1. The van der Waals surface area contributed by atoms with E-state index in [0.29, 0.717) is 6.42 Å². The molecule has 4 heteroatoms. The predicted octanol–water partition coefficient (Wildman–Crippen LogP) is 4.12. The molecule has 144 valence electrons. The van der Waals surface area contributed by atoms with Crippen molar-refractivity contribution >= 4 is 12.4 Å². The van der Waals surface area contributed by atoms with E-state index in [9.17, 15) is 10.2 Å². The van der Waals surface area contributed by atoms with Crippen molar-refractivity contribution in [2.45, 2.75) is 51.0 Å². The summed E-state index contributed by atoms with van der Waals surface area (Å²) >= 11 is 0. The molecular formula is C22H32ClNO2. The number of benzene rings is 2. The highest BCUT2D eigenvalue weighted by Gasteiger charge is 2.22. The topological polar surface area (TPSA) is 66.5 Å². The van der Waals surface area contributed by atoms with E-state index in [1.807, 2.05) is 0 Å². The lowest BCUT2D eigenvalue weighted by atomic mass is 9.93. The highest BCUT2D eigenvalue weighted by Crippen LogP contribution is 2.22. The minimum atomic E-state index is -0.897. The van der Waals surface area contributed by atoms with Crippen LogP contribution in [0.25, 0.3) is 11.1 Å². The highest BCUT2D eigenvalue weighted by molar-refractivity contribution is 5.85. The molecule has 0 bridgehead atoms. The normalized spacial score (nSPS) is 11.2. The third-order valence-corrected chi connectivity index (χ3v) is 4.85. The van der Waals surface area contributed by atoms with Crippen LogP contribution >= 0.6 is 12.4 Å². The summed E-state index contributed by atoms with van der Waals surface area (Å²) in [4.78, 5) is 0. The van der Waals surface area contributed by atoms with E-state index in [2.05, 4.69) is 55.5 Å². The molecular weight excluding hydrogens is 346 g/mol. The first-order valence-electron chi connectivity index (χ1n) is 9.29. The molecule has 0 saturated heterocycles. The summed E-state index contributed by atoms with van der Waals surface area (Å²) in [5, 5.41) is 18.5. The van der Waals surface area contributed by atoms with Crippen molar-refractivity contribution in [1.82, 2.24) is 0 Å². The molecule has 0 unspecified atom stereocenters. The van der Waals surface area contributed by atoms with Gasteiger partial charge in [0.05, 0.1) is 18.8 Å². The van der Waals surface area contributed by atoms with Crippen molar-refractivity contribution in [1.29, 1.82) is 0 Å². The van der Waals surface area contributed by atoms with Crippen LogP contribution in [-0.4, -0.2) is 29.0 Å². The molecule has 0 fully saturated rings. The van der Waals surface area contributed by atoms with Crippen LogP contribution in [0.15, 0.2) is 48.5 Å². The molecule has 0 aliphatic carbocycles. The van der Waals surface area contributed by atoms with E-state index < -0.39 is 5.54 Å². The van der Waals surface area contributed by atoms with E-state index in [0.717, 1.165) is 18.4 Å². The van der Waals surface area contributed by atoms with Crippen LogP contribution in [0.3, 0.4) is 0 Å². The molecule has 3 nitrogen and oxygen atoms in total. The van der Waals surface area contributed by atoms with Crippen LogP contribution < -0.4 is 5.73 Å². The average Bonchev–Trinajstić information content (AvgIpc) is 2.67. The molecule has 0 saturated carbocycles. The maximum Gasteiger partial charge on any atom is 0.0633 e. The first-order valence-corrected chi connectivity index (χ1v) is 9.29. The maximum absolute atomic E-state index is 9.26. The third-order valence-electron chi connectivity index (χ3n) is 4.85. The zero-order valence-electron chi connectivity index (χ0n) is 15.7. The second-order valence-electron chi connectivity index (χ2n) is 7.03. The van der Waals surface area contributed by atoms with E-state index in [4.69, 9.17) is 5.73 Å². The molecule has 2 aromatic carbocycles. The number of hydrogen-bond donors (Lipinski definition) is 3. The molecule has 0 radical (unpaired) electrons. The Hall–Kier alpha value is -1.39. The third kappa shape index (κ3) is 6.73. The number of aliphatic hydroxyl groups excluding tert-OH is 2. The summed E-state index contributed by atoms with van der Waals surface area (Å²) in [6, 6.07) is 17.3. The van der Waals surface area contributed by atoms with Gasteiger partial charge in [-0.15, -0.1) is 12.4 Å². The van der Waals surface area contributed by atoms with Gasteiger partial charge in [0.15, 0.2) is 0 Å². The number of aryl methyl sites for hydroxylation is 2. The number of nitrogens with two attached hydrogens (primary N) is 1. The zero-order chi connectivity index (χ0) is 18.1. The van der Waals surface area contributed by atoms with Gasteiger partial charge < -0.3 is 15.9 Å². The van der Waals surface area contributed by atoms with Crippen LogP contribution in [0.4, 0.5) is 0 Å². The minimum Gasteiger partial charge on any atom is -0.394 e. The molecule has 0 heterocycles. The molecule has 0 aliphatic heterocycles. The van der Waals surface area contributed by atoms with Crippen LogP contribution in [0, 0.1) is 0 Å². The highest BCUT2D eigenvalue weighted by atomic mass is 35.5. The number of unbranched alkanes of at least 4 members (excludes halogenated alkanes) is 2. The van der Waals surface area contributed by atoms with E-state index in [1.165, 1.54) is 36.0 Å². The maximum atomic E-state index is 9.26. The Bertz CT molecular complexity index is 622. The largest absolute Gasteiger partial charge is 0.394 e. The van der Waals surface area contributed by atoms with Gasteiger partial charge in [0.25, 0.3) is 0 Å². The lowest BCUT2D eigenvalue weighted by molar-refractivity contribution is 0.115. The quantitative estimate of drug-likeness (QED) is 0.545. The zero-order valence-corrected chi connectivity index (χ0v) is 16.5. The van der Waals surface area contributed by atoms with Crippen molar-refractivity contribution < 1.29 is 10.2 Å². The molecule has 0 aliphatic rings. The molecule has 4 N–H and O–H groups in total. The Morgan fingerprint density at radius 1 is 0.769 bits per heavy atom. The Kier molecular flexibility index (Phi) is 9.89. The van der Waals surface area contributed by atoms with E-state index >= 15 is 0 Å². The van der Waals surface area contributed by atoms with Crippen LogP contribution in [0.5, 0.6) is 0 Å². The Morgan fingerprint density at radius 3 is 1.65 bits per heavy atom. The lowest BCUT2D eigenvalue weighted by Gasteiger charge is -2.24. The summed E-state index contributed by atoms with van der Waals surface area (Å²) in [7, 11) is 0. The van der Waals surface area contributed by atoms with Gasteiger partial charge in [0, 0.05) is 0 Å². The van der Waals surface area contributed by atoms with Gasteiger partial charge in [0.1, 0.15) is 0 Å². The van der Waals surface area contributed by atoms with Crippen molar-refractivity contribution in [2.24, 2.45) is 5.73 Å². The van der Waals surface area contributed by atoms with Crippen molar-refractivity contribution in [2.75, 3.05) is 13.2 Å². The fourth-order valence-corrected chi connectivity index (χ4v) is 2.91. The standard InChI is InChI=1S/C22H31NO2.ClH/c1-2-3-4-5-18-6-10-20(11-7-18)21-12-8-19(9-13-21)14-15-22(23,16-24)17-25;/h6-13,24-25H,2-5,14-17,23H2,1H3;1H. The summed E-state index contributed by atoms with van der Waals surface area (Å²) in [6.45, 7) is 1.83. The molecule has 0 atom stereocenters. The fourth-order valence-electron chi connectivity index (χ4n) is 2.91. The number of aliphatic hydroxyl groups is 2. The summed E-state index contributed by atoms with van der Waals surface area (Å²) in [5.74, 6) is 0. The monoisotopic (exact) mass is 377 g/mol. The van der Waals surface area contributed by atoms with E-state index in [-0.39, 0.29) is 25.6 Å². The van der Waals surface area contributed by atoms with Gasteiger partial charge in [-0.2, -0.15) is 0 Å². The number of rotatable bonds is 10. The Morgan fingerprint density at radius 2 is 1.23 bits per heavy atom. The fraction of sp³-hybridized carbons (Fsp3) is 0.455. The van der Waals surface area contributed by atoms with Crippen molar-refractivity contribution in [3.8, 4) is 11.1 Å². The van der Waals surface area contributed by atoms with Crippen molar-refractivity contribution in [3.05, 3.63) is 59.7 Å². The van der Waals surface area contributed by atoms with E-state index in [1.54, 1.807) is 0 Å². The van der Waals surface area contributed by atoms with Gasteiger partial charge in [-0.3, -0.25) is 0 Å². The molecule has 2 aromatic rings. The molecule has 2 rings (SSSR count). The summed E-state index contributed by atoms with van der Waals surface area (Å²) < 4.78 is 0. The lowest BCUT2D eigenvalue weighted by Crippen LogP contribution is -2.47. The van der Waals surface area contributed by atoms with Crippen LogP contribution in [0.1, 0.15) is 43.7 Å². The Labute approximate surface area is 163 Å². The second-order valence-corrected chi connectivity index (χ2v) is 7.03. The molecule has 0 amide bonds. The smallest absolute Gasteiger partial charge is 0.0633 e. The summed E-state index contributed by atoms with van der Waals surface area (Å²) in [6.07, 6.45) is 6.27. The second kappa shape index (κ2) is 11.3. The number of halogens is 1. The van der Waals surface area contributed by atoms with Gasteiger partial charge in [-0.25, -0.2) is 0 Å². The van der Waals surface area contributed by atoms with Crippen LogP contribution in [-0.2, 0) is 12.8 Å². The van der Waals surface area contributed by atoms with Gasteiger partial charge in [-0.1, -0.05) is 68.3 Å². The minimum absolute atomic E-state index is 0. The molecule has 0 aromatic heterocycles. The van der Waals surface area contributed by atoms with Crippen LogP contribution in [0.2, 0.25) is 0 Å². The van der Waals surface area contributed by atoms with Crippen molar-refractivity contribution in [3.63, 3.8) is 0 Å². The van der Waals surface area contributed by atoms with Gasteiger partial charge >= 0.3 is 0 Å². The molecule has 0 spiro atoms. The first kappa shape index (κ1) is 22.7. The van der Waals surface area contributed by atoms with Gasteiger partial charge in [-0.05, 0) is 47.9 Å². The number of hydrogen-bond acceptors (Lipinski definition) is 3. The SMILES string of the molecule is CCCCCc1ccc(-c2ccc(CCC(N)(CO)CO)cc2)cc1.Cl.